The monoisotopic (exact) mass is 552 g/mol. The number of rotatable bonds is 5. The van der Waals surface area contributed by atoms with Crippen molar-refractivity contribution in [1.29, 1.82) is 5.41 Å². The van der Waals surface area contributed by atoms with E-state index in [2.05, 4.69) is 72.2 Å². The lowest BCUT2D eigenvalue weighted by atomic mass is 9.78. The Bertz CT molecular complexity index is 1340. The quantitative estimate of drug-likeness (QED) is 0.153. The summed E-state index contributed by atoms with van der Waals surface area (Å²) in [4.78, 5) is 5.88. The van der Waals surface area contributed by atoms with Gasteiger partial charge in [-0.25, -0.2) is 4.48 Å². The van der Waals surface area contributed by atoms with Gasteiger partial charge < -0.3 is 16.2 Å². The van der Waals surface area contributed by atoms with E-state index >= 15 is 0 Å². The van der Waals surface area contributed by atoms with Crippen molar-refractivity contribution in [2.24, 2.45) is 10.7 Å². The number of thiophene rings is 1. The number of aromatic hydroxyl groups is 1. The summed E-state index contributed by atoms with van der Waals surface area (Å²) in [6, 6.07) is 16.1. The third-order valence-electron chi connectivity index (χ3n) is 6.81. The molecule has 0 radical (unpaired) electrons. The molecule has 0 spiro atoms. The molecule has 0 bridgehead atoms. The smallest absolute Gasteiger partial charge is 0.227 e. The Kier molecular flexibility index (Phi) is 8.29. The fourth-order valence-corrected chi connectivity index (χ4v) is 5.23. The van der Waals surface area contributed by atoms with Gasteiger partial charge in [-0.1, -0.05) is 47.6 Å². The number of halogens is 1. The van der Waals surface area contributed by atoms with Crippen LogP contribution in [0.25, 0.3) is 5.70 Å². The summed E-state index contributed by atoms with van der Waals surface area (Å²) < 4.78 is 0.366. The van der Waals surface area contributed by atoms with Gasteiger partial charge >= 0.3 is 0 Å². The van der Waals surface area contributed by atoms with Crippen molar-refractivity contribution in [3.8, 4) is 5.75 Å². The Hall–Kier alpha value is -2.97. The summed E-state index contributed by atoms with van der Waals surface area (Å²) in [5.41, 5.74) is 11.3. The second-order valence-electron chi connectivity index (χ2n) is 11.8. The van der Waals surface area contributed by atoms with Crippen LogP contribution in [0.15, 0.2) is 65.1 Å². The summed E-state index contributed by atoms with van der Waals surface area (Å²) in [6.45, 7) is 13.0. The molecule has 8 heteroatoms. The van der Waals surface area contributed by atoms with Crippen LogP contribution in [0.2, 0.25) is 0 Å². The van der Waals surface area contributed by atoms with Crippen LogP contribution in [0, 0.1) is 5.41 Å². The zero-order valence-electron chi connectivity index (χ0n) is 23.2. The second-order valence-corrected chi connectivity index (χ2v) is 12.7. The summed E-state index contributed by atoms with van der Waals surface area (Å²) in [6.07, 6.45) is 2.13. The first kappa shape index (κ1) is 29.6. The molecule has 1 atom stereocenters. The van der Waals surface area contributed by atoms with Gasteiger partial charge in [0, 0.05) is 34.5 Å². The van der Waals surface area contributed by atoms with Crippen LogP contribution in [0.3, 0.4) is 0 Å². The zero-order chi connectivity index (χ0) is 27.2. The van der Waals surface area contributed by atoms with Crippen molar-refractivity contribution in [1.82, 2.24) is 4.48 Å². The molecule has 1 aliphatic rings. The van der Waals surface area contributed by atoms with E-state index < -0.39 is 0 Å². The number of aliphatic imine (C=N–C) groups is 1. The minimum atomic E-state index is -0.225. The molecule has 1 unspecified atom stereocenters. The third-order valence-corrected chi connectivity index (χ3v) is 7.70. The average Bonchev–Trinajstić information content (AvgIpc) is 3.47. The maximum atomic E-state index is 11.2. The van der Waals surface area contributed by atoms with Gasteiger partial charge in [0.15, 0.2) is 0 Å². The van der Waals surface area contributed by atoms with E-state index in [9.17, 15) is 5.11 Å². The van der Waals surface area contributed by atoms with Crippen molar-refractivity contribution in [3.05, 3.63) is 81.7 Å². The standard InChI is InChI=1S/C30H37N5OS.ClH/c1-29(2,3)22-15-19(16-23(27(22)36)30(4,5)6)24-18-35(7,26(17-31)34-24)21-12-10-20(11-13-21)33-28(32)25-9-8-14-37-25;/h8-16,18H,17,31H2,1-7H3,(H2-,32,33,36);1H/p+1. The Morgan fingerprint density at radius 1 is 1.03 bits per heavy atom. The summed E-state index contributed by atoms with van der Waals surface area (Å²) in [7, 11) is 2.09. The Morgan fingerprint density at radius 2 is 1.61 bits per heavy atom. The van der Waals surface area contributed by atoms with Crippen LogP contribution >= 0.6 is 23.7 Å². The summed E-state index contributed by atoms with van der Waals surface area (Å²) in [5, 5.41) is 24.6. The number of nitrogens with zero attached hydrogens (tertiary/aromatic N) is 2. The topological polar surface area (TPSA) is 94.5 Å². The normalized spacial score (nSPS) is 17.5. The van der Waals surface area contributed by atoms with Crippen LogP contribution in [0.4, 0.5) is 11.4 Å². The molecule has 0 saturated carbocycles. The fraction of sp³-hybridized carbons (Fsp3) is 0.333. The number of hydrogen-bond acceptors (Lipinski definition) is 5. The lowest BCUT2D eigenvalue weighted by Gasteiger charge is -2.28. The Labute approximate surface area is 236 Å². The molecule has 3 aromatic rings. The number of anilines is 1. The van der Waals surface area contributed by atoms with Gasteiger partial charge in [-0.15, -0.1) is 23.7 Å². The summed E-state index contributed by atoms with van der Waals surface area (Å²) in [5.74, 6) is 1.58. The van der Waals surface area contributed by atoms with E-state index in [-0.39, 0.29) is 23.2 Å². The minimum absolute atomic E-state index is 0. The number of hydrogen-bond donors (Lipinski definition) is 4. The molecule has 1 aromatic heterocycles. The molecule has 0 fully saturated rings. The first-order chi connectivity index (χ1) is 17.2. The van der Waals surface area contributed by atoms with E-state index in [1.54, 1.807) is 0 Å². The van der Waals surface area contributed by atoms with Crippen LogP contribution in [0.1, 0.15) is 63.1 Å². The number of benzene rings is 2. The summed E-state index contributed by atoms with van der Waals surface area (Å²) >= 11 is 1.54. The second kappa shape index (κ2) is 10.7. The highest BCUT2D eigenvalue weighted by Gasteiger charge is 2.37. The molecule has 202 valence electrons. The SMILES string of the molecule is CC(C)(C)c1cc(C2=C[N+](C)(c3ccc(NC(=N)c4cccs4)cc3)C(CN)=N2)cc(C(C)(C)C)c1O.Cl. The number of phenolic OH excluding ortho intramolecular Hbond substituents is 1. The molecule has 0 saturated heterocycles. The molecule has 1 aliphatic heterocycles. The van der Waals surface area contributed by atoms with E-state index in [0.717, 1.165) is 44.5 Å². The number of phenols is 1. The van der Waals surface area contributed by atoms with Gasteiger partial charge in [0.1, 0.15) is 29.2 Å². The molecule has 4 rings (SSSR count). The van der Waals surface area contributed by atoms with Gasteiger partial charge in [0.2, 0.25) is 5.84 Å². The van der Waals surface area contributed by atoms with E-state index in [1.807, 2.05) is 41.8 Å². The number of nitrogens with one attached hydrogen (secondary N) is 2. The largest absolute Gasteiger partial charge is 0.507 e. The molecule has 2 aromatic carbocycles. The van der Waals surface area contributed by atoms with Crippen molar-refractivity contribution in [2.45, 2.75) is 52.4 Å². The maximum Gasteiger partial charge on any atom is 0.227 e. The van der Waals surface area contributed by atoms with Crippen molar-refractivity contribution in [2.75, 3.05) is 18.9 Å². The first-order valence-electron chi connectivity index (χ1n) is 12.5. The van der Waals surface area contributed by atoms with Crippen LogP contribution < -0.4 is 15.5 Å². The van der Waals surface area contributed by atoms with E-state index in [0.29, 0.717) is 22.6 Å². The highest BCUT2D eigenvalue weighted by molar-refractivity contribution is 7.12. The Balaban J connectivity index is 0.00000400. The van der Waals surface area contributed by atoms with Gasteiger partial charge in [-0.3, -0.25) is 5.41 Å². The van der Waals surface area contributed by atoms with Gasteiger partial charge in [0.05, 0.1) is 18.5 Å². The number of amidine groups is 2. The van der Waals surface area contributed by atoms with Crippen LogP contribution in [-0.2, 0) is 10.8 Å². The lowest BCUT2D eigenvalue weighted by molar-refractivity contribution is 0.423. The minimum Gasteiger partial charge on any atom is -0.507 e. The average molecular weight is 553 g/mol. The Morgan fingerprint density at radius 3 is 2.08 bits per heavy atom. The van der Waals surface area contributed by atoms with Crippen LogP contribution in [0.5, 0.6) is 5.75 Å². The number of nitrogens with two attached hydrogens (primary N) is 1. The predicted octanol–water partition coefficient (Wildman–Crippen LogP) is 7.21. The zero-order valence-corrected chi connectivity index (χ0v) is 24.8. The van der Waals surface area contributed by atoms with E-state index in [4.69, 9.17) is 16.1 Å². The molecule has 0 aliphatic carbocycles. The number of quaternary nitrogens is 1. The molecular formula is C30H39ClN5OS+. The highest BCUT2D eigenvalue weighted by Crippen LogP contribution is 2.42. The maximum absolute atomic E-state index is 11.2. The molecule has 5 N–H and O–H groups in total. The lowest BCUT2D eigenvalue weighted by Crippen LogP contribution is -2.47. The molecule has 38 heavy (non-hydrogen) atoms. The van der Waals surface area contributed by atoms with E-state index in [1.165, 1.54) is 11.3 Å². The third kappa shape index (κ3) is 5.71. The van der Waals surface area contributed by atoms with Crippen LogP contribution in [-0.4, -0.2) is 30.4 Å². The van der Waals surface area contributed by atoms with Crippen molar-refractivity contribution >= 4 is 52.5 Å². The van der Waals surface area contributed by atoms with Gasteiger partial charge in [0.25, 0.3) is 0 Å². The molecule has 6 nitrogen and oxygen atoms in total. The predicted molar refractivity (Wildman–Crippen MR) is 166 cm³/mol. The molecule has 0 amide bonds. The highest BCUT2D eigenvalue weighted by atomic mass is 35.5. The number of likely N-dealkylation sites (N-methyl/N-ethyl adjacent to an activating group) is 1. The van der Waals surface area contributed by atoms with Gasteiger partial charge in [-0.2, -0.15) is 4.99 Å². The van der Waals surface area contributed by atoms with Crippen molar-refractivity contribution in [3.63, 3.8) is 0 Å². The fourth-order valence-electron chi connectivity index (χ4n) is 4.60. The first-order valence-corrected chi connectivity index (χ1v) is 13.4. The molecule has 2 heterocycles. The van der Waals surface area contributed by atoms with Gasteiger partial charge in [-0.05, 0) is 46.5 Å². The van der Waals surface area contributed by atoms with Crippen molar-refractivity contribution < 1.29 is 5.11 Å². The molecular weight excluding hydrogens is 514 g/mol.